The van der Waals surface area contributed by atoms with Gasteiger partial charge in [0, 0.05) is 25.5 Å². The van der Waals surface area contributed by atoms with Crippen molar-refractivity contribution >= 4 is 0 Å². The number of hydrogen-bond acceptors (Lipinski definition) is 1. The first-order chi connectivity index (χ1) is 7.86. The van der Waals surface area contributed by atoms with Gasteiger partial charge in [0.05, 0.1) is 0 Å². The van der Waals surface area contributed by atoms with Gasteiger partial charge in [-0.1, -0.05) is 32.1 Å². The van der Waals surface area contributed by atoms with Crippen molar-refractivity contribution in [2.24, 2.45) is 13.0 Å². The third kappa shape index (κ3) is 3.38. The van der Waals surface area contributed by atoms with Crippen LogP contribution in [0.4, 0.5) is 0 Å². The van der Waals surface area contributed by atoms with Crippen molar-refractivity contribution in [3.63, 3.8) is 0 Å². The molecule has 0 amide bonds. The first-order valence-corrected chi connectivity index (χ1v) is 6.67. The molecule has 2 nitrogen and oxygen atoms in total. The quantitative estimate of drug-likeness (QED) is 0.755. The van der Waals surface area contributed by atoms with Crippen LogP contribution < -0.4 is 5.32 Å². The summed E-state index contributed by atoms with van der Waals surface area (Å²) in [6.07, 6.45) is 10.8. The highest BCUT2D eigenvalue weighted by Gasteiger charge is 2.12. The van der Waals surface area contributed by atoms with Crippen LogP contribution in [0, 0.1) is 5.92 Å². The van der Waals surface area contributed by atoms with Gasteiger partial charge in [-0.2, -0.15) is 0 Å². The van der Waals surface area contributed by atoms with Crippen LogP contribution in [-0.2, 0) is 13.6 Å². The maximum atomic E-state index is 3.56. The highest BCUT2D eigenvalue weighted by Crippen LogP contribution is 2.25. The van der Waals surface area contributed by atoms with Gasteiger partial charge in [0.2, 0.25) is 0 Å². The fraction of sp³-hybridized carbons (Fsp3) is 0.714. The molecule has 1 aliphatic rings. The smallest absolute Gasteiger partial charge is 0.0359 e. The molecule has 0 aliphatic heterocycles. The summed E-state index contributed by atoms with van der Waals surface area (Å²) in [5, 5.41) is 3.56. The Morgan fingerprint density at radius 2 is 2.12 bits per heavy atom. The molecule has 1 aromatic rings. The monoisotopic (exact) mass is 220 g/mol. The Hall–Kier alpha value is -0.760. The van der Waals surface area contributed by atoms with Crippen LogP contribution in [0.1, 0.15) is 44.2 Å². The summed E-state index contributed by atoms with van der Waals surface area (Å²) in [5.41, 5.74) is 1.38. The van der Waals surface area contributed by atoms with Crippen LogP contribution in [0.5, 0.6) is 0 Å². The maximum Gasteiger partial charge on any atom is 0.0359 e. The molecule has 0 radical (unpaired) electrons. The average molecular weight is 220 g/mol. The molecule has 0 bridgehead atoms. The lowest BCUT2D eigenvalue weighted by Crippen LogP contribution is -2.20. The minimum Gasteiger partial charge on any atom is -0.353 e. The van der Waals surface area contributed by atoms with Gasteiger partial charge in [0.1, 0.15) is 0 Å². The number of nitrogens with one attached hydrogen (secondary N) is 1. The Bertz CT molecular complexity index is 297. The molecule has 90 valence electrons. The van der Waals surface area contributed by atoms with Gasteiger partial charge in [0.15, 0.2) is 0 Å². The SMILES string of the molecule is Cn1cccc1CNCCC1CCCCC1. The number of nitrogens with zero attached hydrogens (tertiary/aromatic N) is 1. The van der Waals surface area contributed by atoms with E-state index in [2.05, 4.69) is 35.3 Å². The van der Waals surface area contributed by atoms with Crippen molar-refractivity contribution in [3.05, 3.63) is 24.0 Å². The molecule has 0 aromatic carbocycles. The van der Waals surface area contributed by atoms with Gasteiger partial charge < -0.3 is 9.88 Å². The lowest BCUT2D eigenvalue weighted by Gasteiger charge is -2.21. The molecule has 1 heterocycles. The number of aryl methyl sites for hydroxylation is 1. The largest absolute Gasteiger partial charge is 0.353 e. The Morgan fingerprint density at radius 3 is 2.81 bits per heavy atom. The second-order valence-corrected chi connectivity index (χ2v) is 5.08. The van der Waals surface area contributed by atoms with E-state index in [4.69, 9.17) is 0 Å². The molecule has 2 heteroatoms. The van der Waals surface area contributed by atoms with Gasteiger partial charge in [-0.3, -0.25) is 0 Å². The molecule has 1 fully saturated rings. The molecule has 0 saturated heterocycles. The summed E-state index contributed by atoms with van der Waals surface area (Å²) in [4.78, 5) is 0. The number of aromatic nitrogens is 1. The van der Waals surface area contributed by atoms with Crippen LogP contribution in [0.25, 0.3) is 0 Å². The Labute approximate surface area is 99.0 Å². The molecule has 2 rings (SSSR count). The lowest BCUT2D eigenvalue weighted by molar-refractivity contribution is 0.333. The third-order valence-electron chi connectivity index (χ3n) is 3.81. The van der Waals surface area contributed by atoms with Gasteiger partial charge in [-0.25, -0.2) is 0 Å². The van der Waals surface area contributed by atoms with E-state index in [-0.39, 0.29) is 0 Å². The molecule has 0 atom stereocenters. The Balaban J connectivity index is 1.59. The zero-order chi connectivity index (χ0) is 11.2. The topological polar surface area (TPSA) is 17.0 Å². The van der Waals surface area contributed by atoms with Crippen molar-refractivity contribution in [2.75, 3.05) is 6.54 Å². The summed E-state index contributed by atoms with van der Waals surface area (Å²) in [6.45, 7) is 2.19. The van der Waals surface area contributed by atoms with E-state index in [9.17, 15) is 0 Å². The zero-order valence-electron chi connectivity index (χ0n) is 10.4. The van der Waals surface area contributed by atoms with Gasteiger partial charge >= 0.3 is 0 Å². The third-order valence-corrected chi connectivity index (χ3v) is 3.81. The molecule has 0 unspecified atom stereocenters. The minimum absolute atomic E-state index is 0.995. The highest BCUT2D eigenvalue weighted by atomic mass is 15.0. The van der Waals surface area contributed by atoms with Crippen molar-refractivity contribution < 1.29 is 0 Å². The summed E-state index contributed by atoms with van der Waals surface area (Å²) >= 11 is 0. The summed E-state index contributed by atoms with van der Waals surface area (Å²) in [6, 6.07) is 4.30. The second-order valence-electron chi connectivity index (χ2n) is 5.08. The Kier molecular flexibility index (Phi) is 4.46. The average Bonchev–Trinajstić information content (AvgIpc) is 2.72. The van der Waals surface area contributed by atoms with Crippen molar-refractivity contribution in [3.8, 4) is 0 Å². The van der Waals surface area contributed by atoms with Crippen LogP contribution >= 0.6 is 0 Å². The van der Waals surface area contributed by atoms with Crippen LogP contribution in [0.3, 0.4) is 0 Å². The molecule has 1 saturated carbocycles. The standard InChI is InChI=1S/C14H24N2/c1-16-11-5-8-14(16)12-15-10-9-13-6-3-2-4-7-13/h5,8,11,13,15H,2-4,6-7,9-10,12H2,1H3. The highest BCUT2D eigenvalue weighted by molar-refractivity contribution is 5.05. The molecule has 1 aromatic heterocycles. The Morgan fingerprint density at radius 1 is 1.31 bits per heavy atom. The minimum atomic E-state index is 0.995. The molecular formula is C14H24N2. The maximum absolute atomic E-state index is 3.56. The molecule has 1 N–H and O–H groups in total. The second kappa shape index (κ2) is 6.09. The van der Waals surface area contributed by atoms with E-state index in [0.717, 1.165) is 12.5 Å². The predicted molar refractivity (Wildman–Crippen MR) is 68.3 cm³/mol. The molecular weight excluding hydrogens is 196 g/mol. The van der Waals surface area contributed by atoms with E-state index in [1.807, 2.05) is 0 Å². The van der Waals surface area contributed by atoms with Gasteiger partial charge in [0.25, 0.3) is 0 Å². The van der Waals surface area contributed by atoms with Crippen molar-refractivity contribution in [1.82, 2.24) is 9.88 Å². The fourth-order valence-corrected chi connectivity index (χ4v) is 2.68. The van der Waals surface area contributed by atoms with E-state index >= 15 is 0 Å². The van der Waals surface area contributed by atoms with E-state index in [1.165, 1.54) is 50.8 Å². The first kappa shape index (κ1) is 11.7. The van der Waals surface area contributed by atoms with E-state index in [1.54, 1.807) is 0 Å². The van der Waals surface area contributed by atoms with Gasteiger partial charge in [-0.05, 0) is 31.0 Å². The normalized spacial score (nSPS) is 17.8. The van der Waals surface area contributed by atoms with Crippen LogP contribution in [-0.4, -0.2) is 11.1 Å². The zero-order valence-corrected chi connectivity index (χ0v) is 10.4. The number of hydrogen-bond donors (Lipinski definition) is 1. The molecule has 1 aliphatic carbocycles. The lowest BCUT2D eigenvalue weighted by atomic mass is 9.87. The predicted octanol–water partition coefficient (Wildman–Crippen LogP) is 3.09. The molecule has 16 heavy (non-hydrogen) atoms. The fourth-order valence-electron chi connectivity index (χ4n) is 2.68. The summed E-state index contributed by atoms with van der Waals surface area (Å²) in [5.74, 6) is 0.995. The van der Waals surface area contributed by atoms with Crippen LogP contribution in [0.2, 0.25) is 0 Å². The molecule has 0 spiro atoms. The van der Waals surface area contributed by atoms with E-state index in [0.29, 0.717) is 0 Å². The summed E-state index contributed by atoms with van der Waals surface area (Å²) in [7, 11) is 2.11. The van der Waals surface area contributed by atoms with Crippen molar-refractivity contribution in [1.29, 1.82) is 0 Å². The van der Waals surface area contributed by atoms with Crippen LogP contribution in [0.15, 0.2) is 18.3 Å². The first-order valence-electron chi connectivity index (χ1n) is 6.67. The number of rotatable bonds is 5. The summed E-state index contributed by atoms with van der Waals surface area (Å²) < 4.78 is 2.19. The van der Waals surface area contributed by atoms with Gasteiger partial charge in [-0.15, -0.1) is 0 Å². The van der Waals surface area contributed by atoms with Crippen molar-refractivity contribution in [2.45, 2.75) is 45.1 Å². The van der Waals surface area contributed by atoms with E-state index < -0.39 is 0 Å².